The summed E-state index contributed by atoms with van der Waals surface area (Å²) in [7, 11) is -0.586. The fraction of sp³-hybridized carbons (Fsp3) is 0.524. The lowest BCUT2D eigenvalue weighted by molar-refractivity contribution is 0.292. The van der Waals surface area contributed by atoms with E-state index in [2.05, 4.69) is 57.1 Å². The molecule has 1 aromatic heterocycles. The predicted octanol–water partition coefficient (Wildman–Crippen LogP) is 4.75. The van der Waals surface area contributed by atoms with Gasteiger partial charge < -0.3 is 4.74 Å². The first-order valence-electron chi connectivity index (χ1n) is 9.39. The molecule has 1 heterocycles. The fourth-order valence-corrected chi connectivity index (χ4v) is 6.69. The Balaban J connectivity index is 2.14. The minimum absolute atomic E-state index is 0.0710. The van der Waals surface area contributed by atoms with Gasteiger partial charge in [0.2, 0.25) is 0 Å². The Morgan fingerprint density at radius 2 is 1.67 bits per heavy atom. The van der Waals surface area contributed by atoms with Gasteiger partial charge in [-0.1, -0.05) is 68.7 Å². The number of rotatable bonds is 6. The Kier molecular flexibility index (Phi) is 6.92. The Labute approximate surface area is 169 Å². The number of aromatic nitrogens is 2. The lowest BCUT2D eigenvalue weighted by Gasteiger charge is -2.23. The van der Waals surface area contributed by atoms with Crippen LogP contribution in [0.15, 0.2) is 35.3 Å². The molecule has 147 valence electrons. The molecule has 0 fully saturated rings. The van der Waals surface area contributed by atoms with E-state index in [0.717, 1.165) is 5.56 Å². The first-order valence-corrected chi connectivity index (χ1v) is 11.4. The second-order valence-corrected chi connectivity index (χ2v) is 12.6. The monoisotopic (exact) mass is 405 g/mol. The third-order valence-electron chi connectivity index (χ3n) is 4.45. The molecule has 6 heteroatoms. The van der Waals surface area contributed by atoms with Crippen molar-refractivity contribution in [1.82, 2.24) is 9.78 Å². The number of halogens is 1. The summed E-state index contributed by atoms with van der Waals surface area (Å²) in [5.41, 5.74) is 1.66. The normalized spacial score (nSPS) is 12.3. The quantitative estimate of drug-likeness (QED) is 0.651. The maximum Gasteiger partial charge on any atom is 0.289 e. The zero-order chi connectivity index (χ0) is 20.4. The van der Waals surface area contributed by atoms with Crippen LogP contribution in [-0.4, -0.2) is 18.6 Å². The Hall–Kier alpha value is -1.59. The van der Waals surface area contributed by atoms with Gasteiger partial charge in [0.1, 0.15) is 6.61 Å². The zero-order valence-corrected chi connectivity index (χ0v) is 19.1. The average molecular weight is 406 g/mol. The van der Waals surface area contributed by atoms with E-state index in [1.54, 1.807) is 0 Å². The number of ether oxygens (including phenoxy) is 1. The van der Waals surface area contributed by atoms with Crippen molar-refractivity contribution in [2.45, 2.75) is 71.7 Å². The van der Waals surface area contributed by atoms with Crippen molar-refractivity contribution in [3.8, 4) is 5.75 Å². The van der Waals surface area contributed by atoms with Gasteiger partial charge in [0.05, 0.1) is 20.5 Å². The van der Waals surface area contributed by atoms with Crippen molar-refractivity contribution >= 4 is 25.6 Å². The Morgan fingerprint density at radius 3 is 2.15 bits per heavy atom. The number of hydrogen-bond donors (Lipinski definition) is 0. The molecule has 4 nitrogen and oxygen atoms in total. The Morgan fingerprint density at radius 1 is 1.11 bits per heavy atom. The molecule has 27 heavy (non-hydrogen) atoms. The van der Waals surface area contributed by atoms with Gasteiger partial charge in [-0.25, -0.2) is 4.68 Å². The molecule has 0 saturated carbocycles. The van der Waals surface area contributed by atoms with Gasteiger partial charge >= 0.3 is 0 Å². The first-order chi connectivity index (χ1) is 12.5. The van der Waals surface area contributed by atoms with Gasteiger partial charge in [-0.2, -0.15) is 5.10 Å². The van der Waals surface area contributed by atoms with Crippen LogP contribution in [-0.2, 0) is 12.1 Å². The summed E-state index contributed by atoms with van der Waals surface area (Å²) in [5.74, 6) is 0.320. The maximum atomic E-state index is 12.4. The highest BCUT2D eigenvalue weighted by atomic mass is 35.5. The molecule has 1 radical (unpaired) electrons. The minimum atomic E-state index is -0.586. The van der Waals surface area contributed by atoms with Crippen LogP contribution in [0, 0.1) is 0 Å². The minimum Gasteiger partial charge on any atom is -0.485 e. The van der Waals surface area contributed by atoms with Crippen LogP contribution >= 0.6 is 11.6 Å². The van der Waals surface area contributed by atoms with Gasteiger partial charge in [0, 0.05) is 0 Å². The lowest BCUT2D eigenvalue weighted by atomic mass is 10.1. The maximum absolute atomic E-state index is 12.4. The standard InChI is InChI=1S/C21H30ClN2O2Si/c1-14(2)27(15(3)4)17-10-8-16(9-11-17)13-26-18-12-23-24(21(5,6)7)20(25)19(18)22/h8-12,14-15H,13H2,1-7H3. The largest absolute Gasteiger partial charge is 0.485 e. The van der Waals surface area contributed by atoms with Crippen LogP contribution in [0.3, 0.4) is 0 Å². The van der Waals surface area contributed by atoms with E-state index in [0.29, 0.717) is 23.4 Å². The number of benzene rings is 1. The van der Waals surface area contributed by atoms with Crippen LogP contribution < -0.4 is 15.5 Å². The molecule has 1 aromatic carbocycles. The molecule has 2 aromatic rings. The molecule has 0 N–H and O–H groups in total. The molecule has 0 aliphatic heterocycles. The van der Waals surface area contributed by atoms with Crippen molar-refractivity contribution in [3.05, 3.63) is 51.4 Å². The predicted molar refractivity (Wildman–Crippen MR) is 115 cm³/mol. The topological polar surface area (TPSA) is 44.1 Å². The summed E-state index contributed by atoms with van der Waals surface area (Å²) >= 11 is 6.21. The summed E-state index contributed by atoms with van der Waals surface area (Å²) in [4.78, 5) is 12.4. The van der Waals surface area contributed by atoms with E-state index in [-0.39, 0.29) is 10.6 Å². The van der Waals surface area contributed by atoms with Gasteiger partial charge in [0.15, 0.2) is 10.8 Å². The highest BCUT2D eigenvalue weighted by molar-refractivity contribution is 6.75. The van der Waals surface area contributed by atoms with E-state index in [9.17, 15) is 4.79 Å². The van der Waals surface area contributed by atoms with E-state index < -0.39 is 14.3 Å². The highest BCUT2D eigenvalue weighted by Gasteiger charge is 2.22. The molecule has 0 bridgehead atoms. The Bertz CT molecular complexity index is 816. The van der Waals surface area contributed by atoms with E-state index in [1.807, 2.05) is 20.8 Å². The molecule has 0 atom stereocenters. The highest BCUT2D eigenvalue weighted by Crippen LogP contribution is 2.22. The van der Waals surface area contributed by atoms with Gasteiger partial charge in [-0.3, -0.25) is 4.79 Å². The molecule has 0 aliphatic carbocycles. The van der Waals surface area contributed by atoms with Crippen LogP contribution in [0.1, 0.15) is 54.0 Å². The van der Waals surface area contributed by atoms with Crippen LogP contribution in [0.4, 0.5) is 0 Å². The molecule has 0 amide bonds. The van der Waals surface area contributed by atoms with Crippen LogP contribution in [0.25, 0.3) is 0 Å². The summed E-state index contributed by atoms with van der Waals surface area (Å²) < 4.78 is 7.14. The third-order valence-corrected chi connectivity index (χ3v) is 8.28. The summed E-state index contributed by atoms with van der Waals surface area (Å²) in [5, 5.41) is 5.71. The molecule has 0 unspecified atom stereocenters. The van der Waals surface area contributed by atoms with Crippen molar-refractivity contribution in [2.75, 3.05) is 0 Å². The van der Waals surface area contributed by atoms with Crippen LogP contribution in [0.2, 0.25) is 16.1 Å². The van der Waals surface area contributed by atoms with E-state index >= 15 is 0 Å². The van der Waals surface area contributed by atoms with E-state index in [1.165, 1.54) is 16.1 Å². The molecule has 0 saturated heterocycles. The average Bonchev–Trinajstić information content (AvgIpc) is 2.55. The molecular weight excluding hydrogens is 376 g/mol. The fourth-order valence-electron chi connectivity index (χ4n) is 3.28. The molecule has 2 rings (SSSR count). The van der Waals surface area contributed by atoms with Crippen molar-refractivity contribution < 1.29 is 4.74 Å². The summed E-state index contributed by atoms with van der Waals surface area (Å²) in [6.07, 6.45) is 1.52. The SMILES string of the molecule is CC(C)[Si](c1ccc(COc2cnn(C(C)(C)C)c(=O)c2Cl)cc1)C(C)C. The van der Waals surface area contributed by atoms with Gasteiger partial charge in [-0.15, -0.1) is 0 Å². The summed E-state index contributed by atoms with van der Waals surface area (Å²) in [6, 6.07) is 8.62. The summed E-state index contributed by atoms with van der Waals surface area (Å²) in [6.45, 7) is 15.3. The van der Waals surface area contributed by atoms with Gasteiger partial charge in [0.25, 0.3) is 5.56 Å². The van der Waals surface area contributed by atoms with Crippen molar-refractivity contribution in [3.63, 3.8) is 0 Å². The third kappa shape index (κ3) is 5.23. The number of nitrogens with zero attached hydrogens (tertiary/aromatic N) is 2. The zero-order valence-electron chi connectivity index (χ0n) is 17.3. The number of hydrogen-bond acceptors (Lipinski definition) is 3. The molecule has 0 aliphatic rings. The van der Waals surface area contributed by atoms with Gasteiger partial charge in [-0.05, 0) is 37.4 Å². The van der Waals surface area contributed by atoms with Crippen molar-refractivity contribution in [1.29, 1.82) is 0 Å². The van der Waals surface area contributed by atoms with E-state index in [4.69, 9.17) is 16.3 Å². The smallest absolute Gasteiger partial charge is 0.289 e. The molecular formula is C21H30ClN2O2Si. The van der Waals surface area contributed by atoms with Crippen LogP contribution in [0.5, 0.6) is 5.75 Å². The first kappa shape index (κ1) is 21.7. The van der Waals surface area contributed by atoms with Crippen molar-refractivity contribution in [2.24, 2.45) is 0 Å². The second kappa shape index (κ2) is 8.61. The molecule has 0 spiro atoms. The lowest BCUT2D eigenvalue weighted by Crippen LogP contribution is -2.36. The second-order valence-electron chi connectivity index (χ2n) is 8.46.